The Morgan fingerprint density at radius 2 is 1.58 bits per heavy atom. The number of aromatic nitrogens is 3. The lowest BCUT2D eigenvalue weighted by Crippen LogP contribution is -2.53. The number of ether oxygens (including phenoxy) is 1. The van der Waals surface area contributed by atoms with Crippen LogP contribution in [0.2, 0.25) is 0 Å². The Labute approximate surface area is 250 Å². The zero-order valence-corrected chi connectivity index (χ0v) is 22.9. The predicted octanol–water partition coefficient (Wildman–Crippen LogP) is 5.70. The Hall–Kier alpha value is -5.24. The van der Waals surface area contributed by atoms with Crippen molar-refractivity contribution in [2.45, 2.75) is 24.4 Å². The summed E-state index contributed by atoms with van der Waals surface area (Å²) in [5, 5.41) is 12.4. The van der Waals surface area contributed by atoms with Crippen LogP contribution >= 0.6 is 0 Å². The molecule has 0 atom stereocenters. The van der Waals surface area contributed by atoms with Crippen molar-refractivity contribution in [3.63, 3.8) is 0 Å². The number of carbonyl (C=O) groups is 1. The first-order valence-corrected chi connectivity index (χ1v) is 13.2. The van der Waals surface area contributed by atoms with Crippen LogP contribution in [-0.2, 0) is 16.8 Å². The van der Waals surface area contributed by atoms with E-state index in [1.165, 1.54) is 30.6 Å². The van der Waals surface area contributed by atoms with E-state index in [4.69, 9.17) is 4.74 Å². The Morgan fingerprint density at radius 3 is 2.20 bits per heavy atom. The van der Waals surface area contributed by atoms with E-state index in [2.05, 4.69) is 15.3 Å². The van der Waals surface area contributed by atoms with Gasteiger partial charge in [0.05, 0.1) is 28.5 Å². The molecule has 0 aliphatic carbocycles. The lowest BCUT2D eigenvalue weighted by atomic mass is 9.92. The zero-order chi connectivity index (χ0) is 32.4. The highest BCUT2D eigenvalue weighted by Gasteiger charge is 2.71. The molecule has 8 nitrogen and oxygen atoms in total. The third-order valence-corrected chi connectivity index (χ3v) is 6.79. The summed E-state index contributed by atoms with van der Waals surface area (Å²) in [7, 11) is 0. The van der Waals surface area contributed by atoms with Gasteiger partial charge in [-0.1, -0.05) is 42.5 Å². The van der Waals surface area contributed by atoms with Gasteiger partial charge in [0.25, 0.3) is 17.1 Å². The molecular weight excluding hydrogens is 606 g/mol. The zero-order valence-electron chi connectivity index (χ0n) is 22.9. The van der Waals surface area contributed by atoms with Gasteiger partial charge in [0.15, 0.2) is 6.61 Å². The second-order valence-electron chi connectivity index (χ2n) is 9.84. The Morgan fingerprint density at radius 1 is 0.889 bits per heavy atom. The molecule has 14 heteroatoms. The van der Waals surface area contributed by atoms with E-state index in [0.717, 1.165) is 22.3 Å². The molecule has 0 unspecified atom stereocenters. The van der Waals surface area contributed by atoms with Crippen molar-refractivity contribution >= 4 is 22.5 Å². The third-order valence-electron chi connectivity index (χ3n) is 6.79. The number of hydrogen-bond donors (Lipinski definition) is 2. The number of nitrogens with zero attached hydrogens (tertiary/aromatic N) is 3. The van der Waals surface area contributed by atoms with Crippen LogP contribution < -0.4 is 15.6 Å². The van der Waals surface area contributed by atoms with Gasteiger partial charge in [-0.05, 0) is 48.0 Å². The van der Waals surface area contributed by atoms with E-state index < -0.39 is 41.6 Å². The fourth-order valence-corrected chi connectivity index (χ4v) is 4.59. The molecule has 2 N–H and O–H groups in total. The summed E-state index contributed by atoms with van der Waals surface area (Å²) < 4.78 is 87.2. The summed E-state index contributed by atoms with van der Waals surface area (Å²) in [6, 6.07) is 19.0. The topological polar surface area (TPSA) is 106 Å². The number of fused-ring (bicyclic) bond motifs is 1. The lowest BCUT2D eigenvalue weighted by molar-refractivity contribution is -0.376. The first-order chi connectivity index (χ1) is 21.3. The van der Waals surface area contributed by atoms with E-state index in [1.807, 2.05) is 0 Å². The fraction of sp³-hybridized carbons (Fsp3) is 0.161. The maximum absolute atomic E-state index is 13.8. The van der Waals surface area contributed by atoms with Crippen molar-refractivity contribution in [2.24, 2.45) is 0 Å². The molecule has 3 aromatic carbocycles. The number of amides is 1. The van der Waals surface area contributed by atoms with Crippen LogP contribution in [0, 0.1) is 0 Å². The number of halogens is 6. The largest absolute Gasteiger partial charge is 0.484 e. The number of hydrogen-bond acceptors (Lipinski definition) is 6. The molecule has 0 aliphatic rings. The van der Waals surface area contributed by atoms with E-state index >= 15 is 0 Å². The van der Waals surface area contributed by atoms with Crippen LogP contribution in [0.1, 0.15) is 17.0 Å². The lowest BCUT2D eigenvalue weighted by Gasteiger charge is -2.32. The number of aliphatic hydroxyl groups is 1. The molecule has 0 saturated carbocycles. The molecule has 0 radical (unpaired) electrons. The van der Waals surface area contributed by atoms with Crippen LogP contribution in [0.4, 0.5) is 32.0 Å². The molecule has 0 fully saturated rings. The van der Waals surface area contributed by atoms with E-state index in [1.54, 1.807) is 42.5 Å². The van der Waals surface area contributed by atoms with Gasteiger partial charge in [-0.15, -0.1) is 0 Å². The van der Waals surface area contributed by atoms with Gasteiger partial charge in [0.2, 0.25) is 0 Å². The van der Waals surface area contributed by atoms with Crippen molar-refractivity contribution in [1.29, 1.82) is 0 Å². The predicted molar refractivity (Wildman–Crippen MR) is 151 cm³/mol. The van der Waals surface area contributed by atoms with Crippen LogP contribution in [0.5, 0.6) is 5.75 Å². The van der Waals surface area contributed by atoms with E-state index in [9.17, 15) is 41.0 Å². The van der Waals surface area contributed by atoms with Crippen LogP contribution in [0.3, 0.4) is 0 Å². The maximum atomic E-state index is 13.8. The van der Waals surface area contributed by atoms with Gasteiger partial charge in [0, 0.05) is 18.2 Å². The fourth-order valence-electron chi connectivity index (χ4n) is 4.59. The minimum atomic E-state index is -6.07. The minimum absolute atomic E-state index is 0.00291. The van der Waals surface area contributed by atoms with Gasteiger partial charge < -0.3 is 15.2 Å². The van der Waals surface area contributed by atoms with Crippen molar-refractivity contribution in [3.05, 3.63) is 125 Å². The van der Waals surface area contributed by atoms with E-state index in [0.29, 0.717) is 17.8 Å². The number of carbonyl (C=O) groups excluding carboxylic acids is 1. The highest BCUT2D eigenvalue weighted by atomic mass is 19.4. The molecule has 232 valence electrons. The second kappa shape index (κ2) is 12.0. The van der Waals surface area contributed by atoms with E-state index in [-0.39, 0.29) is 34.6 Å². The molecule has 5 aromatic rings. The Bertz CT molecular complexity index is 1860. The Kier molecular flexibility index (Phi) is 8.34. The van der Waals surface area contributed by atoms with Crippen molar-refractivity contribution in [2.75, 3.05) is 11.9 Å². The SMILES string of the molecule is O=C(COc1ccc2nc(Cc3ccccc3)n(-c3ccc(C(O)(C(F)(F)F)C(F)(F)F)cc3)c(=O)c2c1)Nc1cccnc1. The van der Waals surface area contributed by atoms with Gasteiger partial charge in [0.1, 0.15) is 11.6 Å². The van der Waals surface area contributed by atoms with Crippen LogP contribution in [0.25, 0.3) is 16.6 Å². The highest BCUT2D eigenvalue weighted by Crippen LogP contribution is 2.50. The number of nitrogens with one attached hydrogen (secondary N) is 1. The molecule has 45 heavy (non-hydrogen) atoms. The number of rotatable bonds is 8. The summed E-state index contributed by atoms with van der Waals surface area (Å²) in [5.41, 5.74) is -6.01. The average Bonchev–Trinajstić information content (AvgIpc) is 3.00. The smallest absolute Gasteiger partial charge is 0.430 e. The quantitative estimate of drug-likeness (QED) is 0.214. The number of pyridine rings is 1. The number of anilines is 1. The molecule has 0 spiro atoms. The molecule has 2 aromatic heterocycles. The molecule has 1 amide bonds. The van der Waals surface area contributed by atoms with Crippen LogP contribution in [-0.4, -0.2) is 44.5 Å². The first-order valence-electron chi connectivity index (χ1n) is 13.2. The van der Waals surface area contributed by atoms with Crippen molar-refractivity contribution in [1.82, 2.24) is 14.5 Å². The standard InChI is InChI=1S/C31H22F6N4O4/c32-30(33,34)29(44,31(35,36)37)20-8-10-22(11-9-20)41-26(15-19-5-2-1-3-6-19)40-25-13-12-23(16-24(25)28(41)43)45-18-27(42)39-21-7-4-14-38-17-21/h1-14,16-17,44H,15,18H2,(H,39,42). The van der Waals surface area contributed by atoms with Crippen molar-refractivity contribution < 1.29 is 41.0 Å². The number of benzene rings is 3. The average molecular weight is 629 g/mol. The summed E-state index contributed by atoms with van der Waals surface area (Å²) in [4.78, 5) is 34.6. The molecule has 0 bridgehead atoms. The first kappa shape index (κ1) is 31.2. The molecule has 0 saturated heterocycles. The highest BCUT2D eigenvalue weighted by molar-refractivity contribution is 5.91. The van der Waals surface area contributed by atoms with Crippen molar-refractivity contribution in [3.8, 4) is 11.4 Å². The summed E-state index contributed by atoms with van der Waals surface area (Å²) >= 11 is 0. The normalized spacial score (nSPS) is 12.2. The van der Waals surface area contributed by atoms with Gasteiger partial charge in [-0.2, -0.15) is 26.3 Å². The molecule has 5 rings (SSSR count). The van der Waals surface area contributed by atoms with Gasteiger partial charge in [-0.25, -0.2) is 4.98 Å². The van der Waals surface area contributed by atoms with Gasteiger partial charge >= 0.3 is 12.4 Å². The molecular formula is C31H22F6N4O4. The summed E-state index contributed by atoms with van der Waals surface area (Å²) in [6.07, 6.45) is -9.09. The van der Waals surface area contributed by atoms with Gasteiger partial charge in [-0.3, -0.25) is 19.1 Å². The number of alkyl halides is 6. The summed E-state index contributed by atoms with van der Waals surface area (Å²) in [6.45, 7) is -0.420. The third kappa shape index (κ3) is 6.36. The summed E-state index contributed by atoms with van der Waals surface area (Å²) in [5.74, 6) is -0.242. The minimum Gasteiger partial charge on any atom is -0.484 e. The molecule has 2 heterocycles. The monoisotopic (exact) mass is 628 g/mol. The van der Waals surface area contributed by atoms with Crippen LogP contribution in [0.15, 0.2) is 102 Å². The second-order valence-corrected chi connectivity index (χ2v) is 9.84. The Balaban J connectivity index is 1.54. The maximum Gasteiger partial charge on any atom is 0.430 e. The molecule has 0 aliphatic heterocycles.